The molecule has 2 rings (SSSR count). The standard InChI is InChI=1S/C17H19NO4S/c1-10-8-14(19)16(17(21)18-10)13(9-15(20)22-2)11-4-6-12(23-3)7-5-11/h4-8,13H,9H2,1-3H3,(H2,18,19,21)/t13-/m1/s1. The van der Waals surface area contributed by atoms with Gasteiger partial charge in [0.1, 0.15) is 5.75 Å². The third kappa shape index (κ3) is 3.96. The number of aromatic nitrogens is 1. The van der Waals surface area contributed by atoms with Gasteiger partial charge in [-0.25, -0.2) is 0 Å². The lowest BCUT2D eigenvalue weighted by molar-refractivity contribution is -0.140. The van der Waals surface area contributed by atoms with Crippen molar-refractivity contribution < 1.29 is 14.6 Å². The van der Waals surface area contributed by atoms with Crippen LogP contribution in [0, 0.1) is 6.92 Å². The number of thioether (sulfide) groups is 1. The molecule has 0 aliphatic rings. The number of aromatic hydroxyl groups is 1. The first-order valence-electron chi connectivity index (χ1n) is 7.09. The van der Waals surface area contributed by atoms with Crippen molar-refractivity contribution in [1.82, 2.24) is 4.98 Å². The summed E-state index contributed by atoms with van der Waals surface area (Å²) in [6.45, 7) is 1.69. The Labute approximate surface area is 138 Å². The van der Waals surface area contributed by atoms with Crippen LogP contribution in [0.15, 0.2) is 40.0 Å². The highest BCUT2D eigenvalue weighted by Gasteiger charge is 2.25. The summed E-state index contributed by atoms with van der Waals surface area (Å²) in [5.41, 5.74) is 1.12. The van der Waals surface area contributed by atoms with Gasteiger partial charge in [0.15, 0.2) is 0 Å². The fraction of sp³-hybridized carbons (Fsp3) is 0.294. The Bertz CT molecular complexity index is 752. The van der Waals surface area contributed by atoms with Gasteiger partial charge in [-0.15, -0.1) is 11.8 Å². The number of ether oxygens (including phenoxy) is 1. The van der Waals surface area contributed by atoms with Gasteiger partial charge in [0.25, 0.3) is 5.56 Å². The van der Waals surface area contributed by atoms with Gasteiger partial charge < -0.3 is 14.8 Å². The molecule has 0 saturated heterocycles. The smallest absolute Gasteiger partial charge is 0.306 e. The van der Waals surface area contributed by atoms with Gasteiger partial charge in [0.2, 0.25) is 0 Å². The van der Waals surface area contributed by atoms with Crippen LogP contribution in [0.3, 0.4) is 0 Å². The van der Waals surface area contributed by atoms with Gasteiger partial charge in [0.05, 0.1) is 19.1 Å². The summed E-state index contributed by atoms with van der Waals surface area (Å²) >= 11 is 1.60. The van der Waals surface area contributed by atoms with E-state index in [0.717, 1.165) is 10.5 Å². The van der Waals surface area contributed by atoms with E-state index in [1.165, 1.54) is 13.2 Å². The highest BCUT2D eigenvalue weighted by atomic mass is 32.2. The molecule has 1 atom stereocenters. The summed E-state index contributed by atoms with van der Waals surface area (Å²) in [7, 11) is 1.30. The van der Waals surface area contributed by atoms with Gasteiger partial charge in [-0.05, 0) is 36.9 Å². The lowest BCUT2D eigenvalue weighted by Crippen LogP contribution is -2.20. The first kappa shape index (κ1) is 17.1. The summed E-state index contributed by atoms with van der Waals surface area (Å²) in [4.78, 5) is 27.8. The Hall–Kier alpha value is -2.21. The number of aromatic amines is 1. The molecule has 6 heteroatoms. The molecule has 2 N–H and O–H groups in total. The predicted octanol–water partition coefficient (Wildman–Crippen LogP) is 2.81. The second-order valence-corrected chi connectivity index (χ2v) is 6.07. The van der Waals surface area contributed by atoms with E-state index in [1.807, 2.05) is 30.5 Å². The fourth-order valence-electron chi connectivity index (χ4n) is 2.49. The number of nitrogens with one attached hydrogen (secondary N) is 1. The van der Waals surface area contributed by atoms with Crippen LogP contribution < -0.4 is 5.56 Å². The largest absolute Gasteiger partial charge is 0.507 e. The normalized spacial score (nSPS) is 12.0. The maximum atomic E-state index is 12.3. The molecule has 122 valence electrons. The maximum absolute atomic E-state index is 12.3. The van der Waals surface area contributed by atoms with Crippen LogP contribution in [-0.2, 0) is 9.53 Å². The number of methoxy groups -OCH3 is 1. The number of rotatable bonds is 5. The number of aryl methyl sites for hydroxylation is 1. The SMILES string of the molecule is COC(=O)C[C@H](c1ccc(SC)cc1)c1c(O)cc(C)[nH]c1=O. The molecule has 0 bridgehead atoms. The van der Waals surface area contributed by atoms with E-state index in [4.69, 9.17) is 4.74 Å². The number of hydrogen-bond donors (Lipinski definition) is 2. The average molecular weight is 333 g/mol. The first-order chi connectivity index (χ1) is 11.0. The molecular weight excluding hydrogens is 314 g/mol. The summed E-state index contributed by atoms with van der Waals surface area (Å²) in [5.74, 6) is -1.12. The Kier molecular flexibility index (Phi) is 5.50. The molecule has 23 heavy (non-hydrogen) atoms. The molecular formula is C17H19NO4S. The molecule has 1 aromatic heterocycles. The van der Waals surface area contributed by atoms with Crippen LogP contribution in [-0.4, -0.2) is 29.4 Å². The van der Waals surface area contributed by atoms with Gasteiger partial charge in [-0.3, -0.25) is 9.59 Å². The number of hydrogen-bond acceptors (Lipinski definition) is 5. The molecule has 5 nitrogen and oxygen atoms in total. The minimum Gasteiger partial charge on any atom is -0.507 e. The quantitative estimate of drug-likeness (QED) is 0.650. The van der Waals surface area contributed by atoms with Gasteiger partial charge in [-0.1, -0.05) is 12.1 Å². The van der Waals surface area contributed by atoms with Crippen LogP contribution in [0.5, 0.6) is 5.75 Å². The Balaban J connectivity index is 2.54. The Morgan fingerprint density at radius 2 is 2.00 bits per heavy atom. The molecule has 0 aliphatic heterocycles. The zero-order valence-corrected chi connectivity index (χ0v) is 14.1. The minimum absolute atomic E-state index is 0.0190. The zero-order valence-electron chi connectivity index (χ0n) is 13.3. The van der Waals surface area contributed by atoms with Crippen molar-refractivity contribution in [3.8, 4) is 5.75 Å². The fourth-order valence-corrected chi connectivity index (χ4v) is 2.90. The summed E-state index contributed by atoms with van der Waals surface area (Å²) in [6, 6.07) is 9.04. The highest BCUT2D eigenvalue weighted by molar-refractivity contribution is 7.98. The molecule has 0 radical (unpaired) electrons. The predicted molar refractivity (Wildman–Crippen MR) is 90.2 cm³/mol. The molecule has 1 aromatic carbocycles. The molecule has 0 saturated carbocycles. The Morgan fingerprint density at radius 1 is 1.35 bits per heavy atom. The Morgan fingerprint density at radius 3 is 2.52 bits per heavy atom. The summed E-state index contributed by atoms with van der Waals surface area (Å²) in [5, 5.41) is 10.2. The van der Waals surface area contributed by atoms with Crippen molar-refractivity contribution in [2.75, 3.05) is 13.4 Å². The molecule has 0 fully saturated rings. The van der Waals surface area contributed by atoms with E-state index in [9.17, 15) is 14.7 Å². The number of carbonyl (C=O) groups is 1. The number of pyridine rings is 1. The van der Waals surface area contributed by atoms with Crippen molar-refractivity contribution in [1.29, 1.82) is 0 Å². The number of carbonyl (C=O) groups excluding carboxylic acids is 1. The second kappa shape index (κ2) is 7.37. The van der Waals surface area contributed by atoms with Crippen molar-refractivity contribution in [2.24, 2.45) is 0 Å². The van der Waals surface area contributed by atoms with E-state index >= 15 is 0 Å². The molecule has 0 unspecified atom stereocenters. The van der Waals surface area contributed by atoms with Crippen LogP contribution in [0.1, 0.15) is 29.2 Å². The van der Waals surface area contributed by atoms with Gasteiger partial charge in [0, 0.05) is 16.5 Å². The highest BCUT2D eigenvalue weighted by Crippen LogP contribution is 2.32. The number of esters is 1. The van der Waals surface area contributed by atoms with Gasteiger partial charge in [-0.2, -0.15) is 0 Å². The molecule has 2 aromatic rings. The van der Waals surface area contributed by atoms with E-state index in [2.05, 4.69) is 4.98 Å². The monoisotopic (exact) mass is 333 g/mol. The third-order valence-corrected chi connectivity index (χ3v) is 4.39. The summed E-state index contributed by atoms with van der Waals surface area (Å²) < 4.78 is 4.74. The summed E-state index contributed by atoms with van der Waals surface area (Å²) in [6.07, 6.45) is 1.95. The van der Waals surface area contributed by atoms with E-state index in [0.29, 0.717) is 5.69 Å². The average Bonchev–Trinajstić information content (AvgIpc) is 2.53. The van der Waals surface area contributed by atoms with Crippen molar-refractivity contribution in [2.45, 2.75) is 24.2 Å². The topological polar surface area (TPSA) is 79.4 Å². The minimum atomic E-state index is -0.567. The van der Waals surface area contributed by atoms with Crippen LogP contribution >= 0.6 is 11.8 Å². The number of benzene rings is 1. The lowest BCUT2D eigenvalue weighted by Gasteiger charge is -2.18. The second-order valence-electron chi connectivity index (χ2n) is 5.19. The molecule has 0 aliphatic carbocycles. The number of H-pyrrole nitrogens is 1. The van der Waals surface area contributed by atoms with Crippen LogP contribution in [0.2, 0.25) is 0 Å². The van der Waals surface area contributed by atoms with E-state index < -0.39 is 17.4 Å². The van der Waals surface area contributed by atoms with Crippen molar-refractivity contribution in [3.63, 3.8) is 0 Å². The van der Waals surface area contributed by atoms with Gasteiger partial charge >= 0.3 is 5.97 Å². The molecule has 0 spiro atoms. The van der Waals surface area contributed by atoms with Crippen LogP contribution in [0.4, 0.5) is 0 Å². The van der Waals surface area contributed by atoms with Crippen molar-refractivity contribution >= 4 is 17.7 Å². The van der Waals surface area contributed by atoms with Crippen molar-refractivity contribution in [3.05, 3.63) is 57.5 Å². The molecule has 1 heterocycles. The van der Waals surface area contributed by atoms with E-state index in [-0.39, 0.29) is 17.7 Å². The first-order valence-corrected chi connectivity index (χ1v) is 8.32. The lowest BCUT2D eigenvalue weighted by atomic mass is 9.88. The van der Waals surface area contributed by atoms with E-state index in [1.54, 1.807) is 18.7 Å². The third-order valence-electron chi connectivity index (χ3n) is 3.65. The zero-order chi connectivity index (χ0) is 17.0. The van der Waals surface area contributed by atoms with Crippen LogP contribution in [0.25, 0.3) is 0 Å². The molecule has 0 amide bonds. The maximum Gasteiger partial charge on any atom is 0.306 e.